The van der Waals surface area contributed by atoms with E-state index >= 15 is 0 Å². The van der Waals surface area contributed by atoms with Gasteiger partial charge in [-0.15, -0.1) is 0 Å². The number of carboxylic acids is 1. The molecule has 0 aliphatic heterocycles. The fourth-order valence-corrected chi connectivity index (χ4v) is 0.966. The molecule has 0 spiro atoms. The number of aliphatic carboxylic acids is 1. The number of nitrogens with two attached hydrogens (primary N) is 1. The van der Waals surface area contributed by atoms with Crippen LogP contribution in [0.25, 0.3) is 0 Å². The summed E-state index contributed by atoms with van der Waals surface area (Å²) in [6.45, 7) is 8.30. The first-order valence-corrected chi connectivity index (χ1v) is 4.79. The molecule has 0 radical (unpaired) electrons. The Morgan fingerprint density at radius 2 is 1.60 bits per heavy atom. The van der Waals surface area contributed by atoms with Gasteiger partial charge in [-0.25, -0.2) is 4.79 Å². The van der Waals surface area contributed by atoms with Crippen molar-refractivity contribution < 1.29 is 14.7 Å². The summed E-state index contributed by atoms with van der Waals surface area (Å²) in [5.74, 6) is -1.52. The van der Waals surface area contributed by atoms with Gasteiger partial charge in [-0.05, 0) is 19.3 Å². The Morgan fingerprint density at radius 1 is 1.20 bits per heavy atom. The lowest BCUT2D eigenvalue weighted by Crippen LogP contribution is -2.57. The van der Waals surface area contributed by atoms with Crippen molar-refractivity contribution in [3.8, 4) is 0 Å². The van der Waals surface area contributed by atoms with E-state index in [0.29, 0.717) is 0 Å². The molecule has 15 heavy (non-hydrogen) atoms. The Labute approximate surface area is 90.0 Å². The summed E-state index contributed by atoms with van der Waals surface area (Å²) in [6, 6.07) is -0.937. The fourth-order valence-electron chi connectivity index (χ4n) is 0.966. The minimum Gasteiger partial charge on any atom is -0.480 e. The Kier molecular flexibility index (Phi) is 3.88. The Bertz CT molecular complexity index is 261. The number of carbonyl (C=O) groups is 2. The first kappa shape index (κ1) is 13.9. The molecule has 0 aliphatic carbocycles. The van der Waals surface area contributed by atoms with Gasteiger partial charge in [0.2, 0.25) is 5.91 Å². The highest BCUT2D eigenvalue weighted by Crippen LogP contribution is 2.19. The molecule has 0 unspecified atom stereocenters. The topological polar surface area (TPSA) is 92.4 Å². The van der Waals surface area contributed by atoms with Gasteiger partial charge in [-0.2, -0.15) is 0 Å². The molecule has 0 rings (SSSR count). The summed E-state index contributed by atoms with van der Waals surface area (Å²) in [5, 5.41) is 11.4. The third-order valence-electron chi connectivity index (χ3n) is 1.97. The lowest BCUT2D eigenvalue weighted by atomic mass is 9.86. The number of carboxylic acid groups (broad SMARTS) is 1. The lowest BCUT2D eigenvalue weighted by Gasteiger charge is -2.30. The first-order valence-electron chi connectivity index (χ1n) is 4.79. The van der Waals surface area contributed by atoms with Crippen LogP contribution in [0, 0.1) is 5.41 Å². The van der Waals surface area contributed by atoms with E-state index in [1.807, 2.05) is 0 Å². The van der Waals surface area contributed by atoms with E-state index in [1.54, 1.807) is 20.8 Å². The van der Waals surface area contributed by atoms with Gasteiger partial charge < -0.3 is 16.2 Å². The molecule has 4 N–H and O–H groups in total. The van der Waals surface area contributed by atoms with Crippen LogP contribution >= 0.6 is 0 Å². The SMILES string of the molecule is CC(C)(N)C(=O)N[C@@H](C(=O)O)C(C)(C)C. The maximum Gasteiger partial charge on any atom is 0.326 e. The van der Waals surface area contributed by atoms with E-state index < -0.39 is 28.9 Å². The average Bonchev–Trinajstić information content (AvgIpc) is 1.94. The highest BCUT2D eigenvalue weighted by Gasteiger charge is 2.35. The van der Waals surface area contributed by atoms with Crippen LogP contribution in [0.2, 0.25) is 0 Å². The predicted octanol–water partition coefficient (Wildman–Crippen LogP) is 0.339. The molecule has 0 fully saturated rings. The molecular formula is C10H20N2O3. The van der Waals surface area contributed by atoms with E-state index in [0.717, 1.165) is 0 Å². The third-order valence-corrected chi connectivity index (χ3v) is 1.97. The number of nitrogens with one attached hydrogen (secondary N) is 1. The van der Waals surface area contributed by atoms with Crippen LogP contribution in [0.3, 0.4) is 0 Å². The summed E-state index contributed by atoms with van der Waals surface area (Å²) in [5.41, 5.74) is 3.95. The van der Waals surface area contributed by atoms with Crippen LogP contribution in [0.5, 0.6) is 0 Å². The minimum atomic E-state index is -1.07. The highest BCUT2D eigenvalue weighted by molar-refractivity contribution is 5.89. The van der Waals surface area contributed by atoms with Crippen LogP contribution in [0.4, 0.5) is 0 Å². The van der Waals surface area contributed by atoms with Gasteiger partial charge in [0.05, 0.1) is 5.54 Å². The Hall–Kier alpha value is -1.10. The maximum atomic E-state index is 11.5. The zero-order chi connectivity index (χ0) is 12.4. The second kappa shape index (κ2) is 4.18. The number of hydrogen-bond acceptors (Lipinski definition) is 3. The molecule has 0 aromatic rings. The smallest absolute Gasteiger partial charge is 0.326 e. The van der Waals surface area contributed by atoms with Crippen molar-refractivity contribution in [1.29, 1.82) is 0 Å². The van der Waals surface area contributed by atoms with Crippen molar-refractivity contribution in [3.63, 3.8) is 0 Å². The minimum absolute atomic E-state index is 0.468. The van der Waals surface area contributed by atoms with Crippen molar-refractivity contribution in [2.24, 2.45) is 11.1 Å². The average molecular weight is 216 g/mol. The van der Waals surface area contributed by atoms with Gasteiger partial charge in [-0.1, -0.05) is 20.8 Å². The summed E-state index contributed by atoms with van der Waals surface area (Å²) >= 11 is 0. The lowest BCUT2D eigenvalue weighted by molar-refractivity contribution is -0.145. The van der Waals surface area contributed by atoms with E-state index in [9.17, 15) is 9.59 Å². The number of carbonyl (C=O) groups excluding carboxylic acids is 1. The molecule has 5 heteroatoms. The van der Waals surface area contributed by atoms with Crippen molar-refractivity contribution >= 4 is 11.9 Å². The molecule has 0 saturated carbocycles. The third kappa shape index (κ3) is 4.29. The van der Waals surface area contributed by atoms with Crippen molar-refractivity contribution in [2.45, 2.75) is 46.2 Å². The summed E-state index contributed by atoms with van der Waals surface area (Å²) < 4.78 is 0. The Morgan fingerprint density at radius 3 is 1.80 bits per heavy atom. The quantitative estimate of drug-likeness (QED) is 0.634. The molecule has 0 aromatic heterocycles. The highest BCUT2D eigenvalue weighted by atomic mass is 16.4. The monoisotopic (exact) mass is 216 g/mol. The fraction of sp³-hybridized carbons (Fsp3) is 0.800. The molecule has 0 heterocycles. The molecule has 0 bridgehead atoms. The van der Waals surface area contributed by atoms with E-state index in [4.69, 9.17) is 10.8 Å². The summed E-state index contributed by atoms with van der Waals surface area (Å²) in [6.07, 6.45) is 0. The standard InChI is InChI=1S/C10H20N2O3/c1-9(2,3)6(7(13)14)12-8(15)10(4,5)11/h6H,11H2,1-5H3,(H,12,15)(H,13,14)/t6-/m0/s1. The molecule has 1 atom stereocenters. The normalized spacial score (nSPS) is 14.5. The van der Waals surface area contributed by atoms with Crippen LogP contribution < -0.4 is 11.1 Å². The molecule has 0 aromatic carbocycles. The zero-order valence-electron chi connectivity index (χ0n) is 9.92. The van der Waals surface area contributed by atoms with E-state index in [2.05, 4.69) is 5.32 Å². The summed E-state index contributed by atoms with van der Waals surface area (Å²) in [7, 11) is 0. The number of amides is 1. The van der Waals surface area contributed by atoms with Crippen molar-refractivity contribution in [3.05, 3.63) is 0 Å². The van der Waals surface area contributed by atoms with E-state index in [1.165, 1.54) is 13.8 Å². The van der Waals surface area contributed by atoms with Crippen LogP contribution in [0.1, 0.15) is 34.6 Å². The predicted molar refractivity (Wildman–Crippen MR) is 57.3 cm³/mol. The number of rotatable bonds is 3. The van der Waals surface area contributed by atoms with E-state index in [-0.39, 0.29) is 0 Å². The second-order valence-electron chi connectivity index (χ2n) is 5.33. The summed E-state index contributed by atoms with van der Waals surface area (Å²) in [4.78, 5) is 22.5. The molecule has 5 nitrogen and oxygen atoms in total. The molecule has 1 amide bonds. The van der Waals surface area contributed by atoms with Crippen LogP contribution in [-0.2, 0) is 9.59 Å². The molecule has 88 valence electrons. The number of hydrogen-bond donors (Lipinski definition) is 3. The van der Waals surface area contributed by atoms with Crippen LogP contribution in [0.15, 0.2) is 0 Å². The van der Waals surface area contributed by atoms with Gasteiger partial charge in [0.25, 0.3) is 0 Å². The molecular weight excluding hydrogens is 196 g/mol. The van der Waals surface area contributed by atoms with Gasteiger partial charge in [0.15, 0.2) is 0 Å². The molecule has 0 aliphatic rings. The maximum absolute atomic E-state index is 11.5. The zero-order valence-corrected chi connectivity index (χ0v) is 9.92. The van der Waals surface area contributed by atoms with Crippen molar-refractivity contribution in [2.75, 3.05) is 0 Å². The second-order valence-corrected chi connectivity index (χ2v) is 5.33. The van der Waals surface area contributed by atoms with Crippen molar-refractivity contribution in [1.82, 2.24) is 5.32 Å². The largest absolute Gasteiger partial charge is 0.480 e. The van der Waals surface area contributed by atoms with Gasteiger partial charge in [0.1, 0.15) is 6.04 Å². The first-order chi connectivity index (χ1) is 6.46. The van der Waals surface area contributed by atoms with Gasteiger partial charge in [-0.3, -0.25) is 4.79 Å². The van der Waals surface area contributed by atoms with Gasteiger partial charge in [0, 0.05) is 0 Å². The Balaban J connectivity index is 4.74. The van der Waals surface area contributed by atoms with Crippen LogP contribution in [-0.4, -0.2) is 28.6 Å². The van der Waals surface area contributed by atoms with Gasteiger partial charge >= 0.3 is 5.97 Å². The molecule has 0 saturated heterocycles.